The lowest BCUT2D eigenvalue weighted by Crippen LogP contribution is -2.30. The van der Waals surface area contributed by atoms with E-state index >= 15 is 0 Å². The molecule has 2 aromatic rings. The standard InChI is InChI=1S/C14H18BrN3/c1-4-14(2,3)18-13-10-7-9(15)5-6-12(10)17-8-11(13)16/h5-8H,4,16H2,1-3H3,(H,17,18). The third-order valence-corrected chi connectivity index (χ3v) is 3.70. The maximum absolute atomic E-state index is 6.06. The van der Waals surface area contributed by atoms with Crippen LogP contribution in [0.25, 0.3) is 10.9 Å². The lowest BCUT2D eigenvalue weighted by atomic mass is 10.0. The zero-order valence-electron chi connectivity index (χ0n) is 10.9. The van der Waals surface area contributed by atoms with Crippen LogP contribution in [0.2, 0.25) is 0 Å². The van der Waals surface area contributed by atoms with Gasteiger partial charge >= 0.3 is 0 Å². The van der Waals surface area contributed by atoms with Crippen LogP contribution in [0.3, 0.4) is 0 Å². The molecule has 96 valence electrons. The minimum atomic E-state index is 0.00468. The number of aromatic nitrogens is 1. The summed E-state index contributed by atoms with van der Waals surface area (Å²) in [4.78, 5) is 4.35. The molecule has 18 heavy (non-hydrogen) atoms. The molecule has 0 bridgehead atoms. The van der Waals surface area contributed by atoms with Gasteiger partial charge in [-0.1, -0.05) is 22.9 Å². The van der Waals surface area contributed by atoms with Gasteiger partial charge in [0.1, 0.15) is 0 Å². The normalized spacial score (nSPS) is 11.8. The second kappa shape index (κ2) is 4.76. The lowest BCUT2D eigenvalue weighted by molar-refractivity contribution is 0.548. The van der Waals surface area contributed by atoms with E-state index in [1.165, 1.54) is 0 Å². The van der Waals surface area contributed by atoms with Crippen molar-refractivity contribution in [2.24, 2.45) is 0 Å². The summed E-state index contributed by atoms with van der Waals surface area (Å²) in [6.45, 7) is 6.48. The number of nitrogen functional groups attached to an aromatic ring is 1. The number of nitrogens with zero attached hydrogens (tertiary/aromatic N) is 1. The predicted octanol–water partition coefficient (Wildman–Crippen LogP) is 4.18. The van der Waals surface area contributed by atoms with Crippen molar-refractivity contribution in [1.29, 1.82) is 0 Å². The average Bonchev–Trinajstić information content (AvgIpc) is 2.33. The van der Waals surface area contributed by atoms with Crippen LogP contribution in [0.5, 0.6) is 0 Å². The molecule has 4 heteroatoms. The van der Waals surface area contributed by atoms with Gasteiger partial charge in [0.2, 0.25) is 0 Å². The second-order valence-electron chi connectivity index (χ2n) is 5.11. The number of halogens is 1. The molecule has 0 saturated carbocycles. The van der Waals surface area contributed by atoms with Crippen LogP contribution >= 0.6 is 15.9 Å². The number of benzene rings is 1. The highest BCUT2D eigenvalue weighted by atomic mass is 79.9. The molecule has 0 amide bonds. The lowest BCUT2D eigenvalue weighted by Gasteiger charge is -2.27. The molecule has 0 atom stereocenters. The second-order valence-corrected chi connectivity index (χ2v) is 6.03. The van der Waals surface area contributed by atoms with E-state index in [9.17, 15) is 0 Å². The van der Waals surface area contributed by atoms with Crippen molar-refractivity contribution < 1.29 is 0 Å². The minimum Gasteiger partial charge on any atom is -0.396 e. The first-order valence-electron chi connectivity index (χ1n) is 6.05. The van der Waals surface area contributed by atoms with Gasteiger partial charge in [0, 0.05) is 15.4 Å². The van der Waals surface area contributed by atoms with Gasteiger partial charge in [-0.2, -0.15) is 0 Å². The third kappa shape index (κ3) is 2.58. The maximum Gasteiger partial charge on any atom is 0.0743 e. The summed E-state index contributed by atoms with van der Waals surface area (Å²) in [5.41, 5.74) is 8.66. The topological polar surface area (TPSA) is 50.9 Å². The SMILES string of the molecule is CCC(C)(C)Nc1c(N)cnc2ccc(Br)cc12. The smallest absolute Gasteiger partial charge is 0.0743 e. The summed E-state index contributed by atoms with van der Waals surface area (Å²) in [5.74, 6) is 0. The van der Waals surface area contributed by atoms with Gasteiger partial charge in [-0.3, -0.25) is 4.98 Å². The molecule has 0 aliphatic heterocycles. The van der Waals surface area contributed by atoms with E-state index in [-0.39, 0.29) is 5.54 Å². The van der Waals surface area contributed by atoms with Crippen molar-refractivity contribution >= 4 is 38.2 Å². The van der Waals surface area contributed by atoms with Gasteiger partial charge in [0.05, 0.1) is 23.1 Å². The zero-order chi connectivity index (χ0) is 13.3. The number of rotatable bonds is 3. The predicted molar refractivity (Wildman–Crippen MR) is 81.8 cm³/mol. The van der Waals surface area contributed by atoms with E-state index in [0.717, 1.165) is 27.5 Å². The Morgan fingerprint density at radius 2 is 2.11 bits per heavy atom. The minimum absolute atomic E-state index is 0.00468. The zero-order valence-corrected chi connectivity index (χ0v) is 12.5. The molecule has 2 rings (SSSR count). The number of nitrogens with one attached hydrogen (secondary N) is 1. The van der Waals surface area contributed by atoms with Crippen molar-refractivity contribution in [1.82, 2.24) is 4.98 Å². The summed E-state index contributed by atoms with van der Waals surface area (Å²) in [6.07, 6.45) is 2.73. The van der Waals surface area contributed by atoms with Crippen molar-refractivity contribution in [3.05, 3.63) is 28.9 Å². The fourth-order valence-corrected chi connectivity index (χ4v) is 2.11. The fraction of sp³-hybridized carbons (Fsp3) is 0.357. The Labute approximate surface area is 116 Å². The summed E-state index contributed by atoms with van der Waals surface area (Å²) in [5, 5.41) is 4.57. The molecular weight excluding hydrogens is 290 g/mol. The third-order valence-electron chi connectivity index (χ3n) is 3.21. The molecule has 0 spiro atoms. The van der Waals surface area contributed by atoms with Gasteiger partial charge < -0.3 is 11.1 Å². The van der Waals surface area contributed by atoms with Crippen molar-refractivity contribution in [2.45, 2.75) is 32.7 Å². The Bertz CT molecular complexity index is 573. The monoisotopic (exact) mass is 307 g/mol. The number of fused-ring (bicyclic) bond motifs is 1. The van der Waals surface area contributed by atoms with Gasteiger partial charge in [0.15, 0.2) is 0 Å². The van der Waals surface area contributed by atoms with Crippen LogP contribution in [0.15, 0.2) is 28.9 Å². The number of anilines is 2. The van der Waals surface area contributed by atoms with Gasteiger partial charge in [0.25, 0.3) is 0 Å². The first kappa shape index (κ1) is 13.1. The van der Waals surface area contributed by atoms with E-state index in [0.29, 0.717) is 5.69 Å². The molecule has 1 heterocycles. The Kier molecular flexibility index (Phi) is 3.48. The van der Waals surface area contributed by atoms with Gasteiger partial charge in [-0.25, -0.2) is 0 Å². The molecular formula is C14H18BrN3. The fourth-order valence-electron chi connectivity index (χ4n) is 1.75. The summed E-state index contributed by atoms with van der Waals surface area (Å²) >= 11 is 3.49. The molecule has 3 N–H and O–H groups in total. The molecule has 1 aromatic heterocycles. The number of pyridine rings is 1. The van der Waals surface area contributed by atoms with E-state index in [4.69, 9.17) is 5.73 Å². The molecule has 0 aliphatic rings. The Morgan fingerprint density at radius 1 is 1.39 bits per heavy atom. The molecule has 0 fully saturated rings. The maximum atomic E-state index is 6.06. The van der Waals surface area contributed by atoms with Crippen LogP contribution in [-0.4, -0.2) is 10.5 Å². The molecule has 0 saturated heterocycles. The van der Waals surface area contributed by atoms with Crippen molar-refractivity contribution in [3.8, 4) is 0 Å². The van der Waals surface area contributed by atoms with Crippen molar-refractivity contribution in [3.63, 3.8) is 0 Å². The van der Waals surface area contributed by atoms with E-state index < -0.39 is 0 Å². The molecule has 3 nitrogen and oxygen atoms in total. The van der Waals surface area contributed by atoms with E-state index in [2.05, 4.69) is 47.0 Å². The highest BCUT2D eigenvalue weighted by Gasteiger charge is 2.17. The largest absolute Gasteiger partial charge is 0.396 e. The number of hydrogen-bond donors (Lipinski definition) is 2. The van der Waals surface area contributed by atoms with Gasteiger partial charge in [-0.15, -0.1) is 0 Å². The first-order chi connectivity index (χ1) is 8.43. The average molecular weight is 308 g/mol. The van der Waals surface area contributed by atoms with E-state index in [1.807, 2.05) is 18.2 Å². The van der Waals surface area contributed by atoms with Crippen LogP contribution in [-0.2, 0) is 0 Å². The summed E-state index contributed by atoms with van der Waals surface area (Å²) in [7, 11) is 0. The number of hydrogen-bond acceptors (Lipinski definition) is 3. The summed E-state index contributed by atoms with van der Waals surface area (Å²) in [6, 6.07) is 6.02. The van der Waals surface area contributed by atoms with Crippen LogP contribution in [0.4, 0.5) is 11.4 Å². The quantitative estimate of drug-likeness (QED) is 0.894. The number of nitrogens with two attached hydrogens (primary N) is 1. The van der Waals surface area contributed by atoms with Gasteiger partial charge in [-0.05, 0) is 38.5 Å². The highest BCUT2D eigenvalue weighted by Crippen LogP contribution is 2.32. The molecule has 1 aromatic carbocycles. The first-order valence-corrected chi connectivity index (χ1v) is 6.84. The van der Waals surface area contributed by atoms with Crippen molar-refractivity contribution in [2.75, 3.05) is 11.1 Å². The van der Waals surface area contributed by atoms with E-state index in [1.54, 1.807) is 6.20 Å². The Balaban J connectivity index is 2.60. The Hall–Kier alpha value is -1.29. The summed E-state index contributed by atoms with van der Waals surface area (Å²) < 4.78 is 1.03. The molecule has 0 radical (unpaired) electrons. The van der Waals surface area contributed by atoms with Crippen LogP contribution < -0.4 is 11.1 Å². The van der Waals surface area contributed by atoms with Crippen LogP contribution in [0, 0.1) is 0 Å². The highest BCUT2D eigenvalue weighted by molar-refractivity contribution is 9.10. The van der Waals surface area contributed by atoms with Crippen LogP contribution in [0.1, 0.15) is 27.2 Å². The Morgan fingerprint density at radius 3 is 2.78 bits per heavy atom. The molecule has 0 unspecified atom stereocenters. The molecule has 0 aliphatic carbocycles.